The van der Waals surface area contributed by atoms with Crippen LogP contribution in [0.3, 0.4) is 0 Å². The molecule has 0 saturated carbocycles. The molecule has 10 heteroatoms. The molecule has 6 rings (SSSR count). The van der Waals surface area contributed by atoms with E-state index in [1.165, 1.54) is 5.69 Å². The summed E-state index contributed by atoms with van der Waals surface area (Å²) in [5.74, 6) is 0.737. The lowest BCUT2D eigenvalue weighted by molar-refractivity contribution is 0.0786. The number of rotatable bonds is 9. The summed E-state index contributed by atoms with van der Waals surface area (Å²) >= 11 is 0. The van der Waals surface area contributed by atoms with Crippen LogP contribution in [-0.4, -0.2) is 77.0 Å². The summed E-state index contributed by atoms with van der Waals surface area (Å²) in [6.07, 6.45) is 7.74. The van der Waals surface area contributed by atoms with Crippen molar-refractivity contribution in [2.24, 2.45) is 0 Å². The van der Waals surface area contributed by atoms with Crippen LogP contribution >= 0.6 is 0 Å². The van der Waals surface area contributed by atoms with Gasteiger partial charge in [-0.2, -0.15) is 5.10 Å². The average Bonchev–Trinajstić information content (AvgIpc) is 3.62. The monoisotopic (exact) mass is 554 g/mol. The first kappa shape index (κ1) is 26.5. The molecule has 1 fully saturated rings. The van der Waals surface area contributed by atoms with E-state index in [1.54, 1.807) is 0 Å². The molecule has 0 atom stereocenters. The fourth-order valence-corrected chi connectivity index (χ4v) is 5.75. The molecule has 0 bridgehead atoms. The maximum absolute atomic E-state index is 5.87. The van der Waals surface area contributed by atoms with Gasteiger partial charge in [-0.15, -0.1) is 0 Å². The molecule has 9 nitrogen and oxygen atoms in total. The van der Waals surface area contributed by atoms with E-state index in [2.05, 4.69) is 98.8 Å². The predicted molar refractivity (Wildman–Crippen MR) is 165 cm³/mol. The zero-order valence-corrected chi connectivity index (χ0v) is 24.8. The molecular formula is C30H38N8OSi. The molecular weight excluding hydrogens is 516 g/mol. The van der Waals surface area contributed by atoms with E-state index in [1.807, 2.05) is 29.5 Å². The molecule has 1 aliphatic rings. The van der Waals surface area contributed by atoms with Gasteiger partial charge in [0.2, 0.25) is 0 Å². The molecule has 208 valence electrons. The molecule has 5 aromatic rings. The number of aromatic nitrogens is 5. The number of likely N-dealkylation sites (N-methyl/N-ethyl adjacent to an activating group) is 1. The van der Waals surface area contributed by atoms with Crippen molar-refractivity contribution in [3.63, 3.8) is 0 Å². The highest BCUT2D eigenvalue weighted by molar-refractivity contribution is 6.76. The van der Waals surface area contributed by atoms with E-state index in [0.29, 0.717) is 6.73 Å². The number of hydrogen-bond acceptors (Lipinski definition) is 7. The number of nitrogens with zero attached hydrogens (tertiary/aromatic N) is 7. The molecule has 3 aromatic heterocycles. The van der Waals surface area contributed by atoms with E-state index >= 15 is 0 Å². The largest absolute Gasteiger partial charge is 0.369 e. The number of anilines is 3. The molecule has 0 aliphatic carbocycles. The summed E-state index contributed by atoms with van der Waals surface area (Å²) in [6.45, 7) is 12.6. The van der Waals surface area contributed by atoms with Crippen LogP contribution < -0.4 is 10.2 Å². The van der Waals surface area contributed by atoms with Crippen molar-refractivity contribution >= 4 is 41.9 Å². The smallest absolute Gasteiger partial charge is 0.180 e. The van der Waals surface area contributed by atoms with Crippen molar-refractivity contribution in [1.29, 1.82) is 0 Å². The normalized spacial score (nSPS) is 14.8. The van der Waals surface area contributed by atoms with Crippen molar-refractivity contribution in [2.75, 3.05) is 50.1 Å². The number of hydrogen-bond donors (Lipinski definition) is 1. The third-order valence-electron chi connectivity index (χ3n) is 7.50. The number of piperazine rings is 1. The zero-order valence-electron chi connectivity index (χ0n) is 23.8. The van der Waals surface area contributed by atoms with Crippen LogP contribution in [-0.2, 0) is 11.5 Å². The van der Waals surface area contributed by atoms with E-state index in [-0.39, 0.29) is 0 Å². The van der Waals surface area contributed by atoms with Gasteiger partial charge in [0, 0.05) is 76.4 Å². The first-order valence-corrected chi connectivity index (χ1v) is 17.7. The Morgan fingerprint density at radius 1 is 0.975 bits per heavy atom. The Kier molecular flexibility index (Phi) is 7.31. The fraction of sp³-hybridized carbons (Fsp3) is 0.367. The topological polar surface area (TPSA) is 75.8 Å². The van der Waals surface area contributed by atoms with Crippen molar-refractivity contribution in [3.8, 4) is 11.1 Å². The van der Waals surface area contributed by atoms with Gasteiger partial charge in [-0.3, -0.25) is 4.40 Å². The lowest BCUT2D eigenvalue weighted by atomic mass is 10.1. The lowest BCUT2D eigenvalue weighted by Crippen LogP contribution is -2.44. The molecule has 0 spiro atoms. The average molecular weight is 555 g/mol. The number of nitrogens with one attached hydrogen (secondary N) is 1. The minimum absolute atomic E-state index is 0.469. The third kappa shape index (κ3) is 5.89. The predicted octanol–water partition coefficient (Wildman–Crippen LogP) is 5.55. The lowest BCUT2D eigenvalue weighted by Gasteiger charge is -2.34. The van der Waals surface area contributed by atoms with Gasteiger partial charge in [0.05, 0.1) is 17.2 Å². The standard InChI is InChI=1S/C30H38N8OSi/c1-35-13-15-36(16-14-35)26-8-6-25(7-9-26)33-29-30-31-11-12-38(30)28-19-23(5-10-27(28)34-29)24-20-32-37(21-24)22-39-17-18-40(2,3)4/h5-12,19-21H,13-18,22H2,1-4H3,(H,33,34). The Morgan fingerprint density at radius 3 is 2.55 bits per heavy atom. The molecule has 2 aromatic carbocycles. The maximum Gasteiger partial charge on any atom is 0.180 e. The van der Waals surface area contributed by atoms with Crippen molar-refractivity contribution in [2.45, 2.75) is 32.4 Å². The number of ether oxygens (including phenoxy) is 1. The van der Waals surface area contributed by atoms with Crippen LogP contribution in [0.25, 0.3) is 27.8 Å². The Bertz CT molecular complexity index is 1600. The van der Waals surface area contributed by atoms with Gasteiger partial charge in [-0.25, -0.2) is 14.6 Å². The Labute approximate surface area is 236 Å². The quantitative estimate of drug-likeness (QED) is 0.189. The molecule has 1 saturated heterocycles. The molecule has 1 aliphatic heterocycles. The highest BCUT2D eigenvalue weighted by Crippen LogP contribution is 2.29. The number of imidazole rings is 1. The molecule has 0 unspecified atom stereocenters. The van der Waals surface area contributed by atoms with Gasteiger partial charge in [-0.05, 0) is 55.1 Å². The molecule has 1 N–H and O–H groups in total. The van der Waals surface area contributed by atoms with E-state index in [9.17, 15) is 0 Å². The van der Waals surface area contributed by atoms with Crippen molar-refractivity contribution in [3.05, 3.63) is 67.3 Å². The first-order chi connectivity index (χ1) is 19.3. The Morgan fingerprint density at radius 2 is 1.77 bits per heavy atom. The van der Waals surface area contributed by atoms with Gasteiger partial charge in [0.1, 0.15) is 6.73 Å². The van der Waals surface area contributed by atoms with Crippen LogP contribution in [0.1, 0.15) is 0 Å². The second-order valence-corrected chi connectivity index (χ2v) is 17.5. The van der Waals surface area contributed by atoms with Crippen molar-refractivity contribution < 1.29 is 4.74 Å². The molecule has 40 heavy (non-hydrogen) atoms. The van der Waals surface area contributed by atoms with E-state index in [4.69, 9.17) is 9.72 Å². The zero-order chi connectivity index (χ0) is 27.7. The molecule has 0 radical (unpaired) electrons. The van der Waals surface area contributed by atoms with Gasteiger partial charge >= 0.3 is 0 Å². The summed E-state index contributed by atoms with van der Waals surface area (Å²) in [4.78, 5) is 14.4. The fourth-order valence-electron chi connectivity index (χ4n) is 4.99. The van der Waals surface area contributed by atoms with Gasteiger partial charge in [0.25, 0.3) is 0 Å². The van der Waals surface area contributed by atoms with Crippen molar-refractivity contribution in [1.82, 2.24) is 29.0 Å². The summed E-state index contributed by atoms with van der Waals surface area (Å²) in [5.41, 5.74) is 7.06. The summed E-state index contributed by atoms with van der Waals surface area (Å²) in [7, 11) is 1.08. The van der Waals surface area contributed by atoms with Gasteiger partial charge in [-0.1, -0.05) is 25.7 Å². The molecule has 0 amide bonds. The molecule has 4 heterocycles. The third-order valence-corrected chi connectivity index (χ3v) is 9.21. The van der Waals surface area contributed by atoms with E-state index < -0.39 is 8.07 Å². The van der Waals surface area contributed by atoms with Gasteiger partial charge < -0.3 is 19.9 Å². The maximum atomic E-state index is 5.87. The summed E-state index contributed by atoms with van der Waals surface area (Å²) in [6, 6.07) is 16.1. The van der Waals surface area contributed by atoms with E-state index in [0.717, 1.165) is 78.1 Å². The van der Waals surface area contributed by atoms with Crippen LogP contribution in [0.15, 0.2) is 67.3 Å². The SMILES string of the molecule is CN1CCN(c2ccc(Nc3nc4ccc(-c5cnn(COCC[Si](C)(C)C)c5)cc4n4ccnc34)cc2)CC1. The highest BCUT2D eigenvalue weighted by atomic mass is 28.3. The Balaban J connectivity index is 1.19. The number of benzene rings is 2. The number of fused-ring (bicyclic) bond motifs is 3. The van der Waals surface area contributed by atoms with Crippen LogP contribution in [0.4, 0.5) is 17.2 Å². The van der Waals surface area contributed by atoms with Crippen LogP contribution in [0.2, 0.25) is 25.7 Å². The second-order valence-electron chi connectivity index (χ2n) is 11.9. The van der Waals surface area contributed by atoms with Crippen LogP contribution in [0.5, 0.6) is 0 Å². The van der Waals surface area contributed by atoms with Crippen LogP contribution in [0, 0.1) is 0 Å². The second kappa shape index (κ2) is 11.0. The minimum atomic E-state index is -1.10. The first-order valence-electron chi connectivity index (χ1n) is 14.0. The summed E-state index contributed by atoms with van der Waals surface area (Å²) < 4.78 is 9.82. The Hall–Kier alpha value is -3.73. The minimum Gasteiger partial charge on any atom is -0.369 e. The van der Waals surface area contributed by atoms with Gasteiger partial charge in [0.15, 0.2) is 11.5 Å². The highest BCUT2D eigenvalue weighted by Gasteiger charge is 2.16. The summed E-state index contributed by atoms with van der Waals surface area (Å²) in [5, 5.41) is 8.01.